The zero-order chi connectivity index (χ0) is 29.7. The van der Waals surface area contributed by atoms with E-state index >= 15 is 0 Å². The highest BCUT2D eigenvalue weighted by molar-refractivity contribution is 7.00. The van der Waals surface area contributed by atoms with Crippen molar-refractivity contribution in [2.45, 2.75) is 51.4 Å². The number of halogens is 3. The number of rotatable bonds is 10. The van der Waals surface area contributed by atoms with Gasteiger partial charge in [0.15, 0.2) is 0 Å². The van der Waals surface area contributed by atoms with Gasteiger partial charge >= 0.3 is 20.5 Å². The van der Waals surface area contributed by atoms with Crippen molar-refractivity contribution in [3.63, 3.8) is 0 Å². The summed E-state index contributed by atoms with van der Waals surface area (Å²) in [7, 11) is -2.92. The molecule has 0 spiro atoms. The van der Waals surface area contributed by atoms with Crippen LogP contribution in [0, 0.1) is 0 Å². The molecule has 8 heteroatoms. The minimum absolute atomic E-state index is 0.0399. The lowest BCUT2D eigenvalue weighted by atomic mass is 10.0. The molecule has 4 rings (SSSR count). The van der Waals surface area contributed by atoms with E-state index in [9.17, 15) is 23.1 Å². The van der Waals surface area contributed by atoms with E-state index in [0.29, 0.717) is 11.3 Å². The fourth-order valence-corrected chi connectivity index (χ4v) is 9.42. The van der Waals surface area contributed by atoms with E-state index in [1.54, 1.807) is 0 Å². The third-order valence-corrected chi connectivity index (χ3v) is 12.0. The Morgan fingerprint density at radius 2 is 1.29 bits per heavy atom. The lowest BCUT2D eigenvalue weighted by Crippen LogP contribution is -2.68. The van der Waals surface area contributed by atoms with Crippen LogP contribution in [0.3, 0.4) is 0 Å². The summed E-state index contributed by atoms with van der Waals surface area (Å²) in [6.45, 7) is 6.57. The summed E-state index contributed by atoms with van der Waals surface area (Å²) in [6, 6.07) is 30.5. The Labute approximate surface area is 239 Å². The van der Waals surface area contributed by atoms with E-state index in [1.807, 2.05) is 54.6 Å². The molecule has 4 nitrogen and oxygen atoms in total. The van der Waals surface area contributed by atoms with Crippen LogP contribution in [0.15, 0.2) is 103 Å². The molecule has 0 unspecified atom stereocenters. The van der Waals surface area contributed by atoms with Gasteiger partial charge in [0.05, 0.1) is 5.56 Å². The number of benzene rings is 4. The van der Waals surface area contributed by atoms with E-state index in [0.717, 1.165) is 28.1 Å². The van der Waals surface area contributed by atoms with Gasteiger partial charge in [0, 0.05) is 6.42 Å². The van der Waals surface area contributed by atoms with Crippen molar-refractivity contribution in [1.82, 2.24) is 0 Å². The highest BCUT2D eigenvalue weighted by Gasteiger charge is 2.52. The van der Waals surface area contributed by atoms with Crippen molar-refractivity contribution >= 4 is 24.7 Å². The van der Waals surface area contributed by atoms with Gasteiger partial charge < -0.3 is 14.3 Å². The number of aryl methyl sites for hydroxylation is 1. The first-order valence-corrected chi connectivity index (χ1v) is 15.2. The number of ether oxygens (including phenoxy) is 1. The second-order valence-corrected chi connectivity index (χ2v) is 15.1. The molecule has 0 aliphatic carbocycles. The lowest BCUT2D eigenvalue weighted by molar-refractivity contribution is -0.138. The van der Waals surface area contributed by atoms with Gasteiger partial charge in [0.2, 0.25) is 0 Å². The van der Waals surface area contributed by atoms with Crippen molar-refractivity contribution in [2.24, 2.45) is 0 Å². The summed E-state index contributed by atoms with van der Waals surface area (Å²) in [5.74, 6) is -0.0304. The first-order valence-electron chi connectivity index (χ1n) is 13.3. The van der Waals surface area contributed by atoms with Gasteiger partial charge in [0.25, 0.3) is 0 Å². The molecule has 0 bridgehead atoms. The molecule has 0 saturated heterocycles. The molecule has 41 heavy (non-hydrogen) atoms. The number of aliphatic carboxylic acids is 1. The van der Waals surface area contributed by atoms with Crippen LogP contribution in [-0.4, -0.2) is 19.4 Å². The van der Waals surface area contributed by atoms with Gasteiger partial charge in [-0.05, 0) is 69.4 Å². The van der Waals surface area contributed by atoms with Gasteiger partial charge in [0.1, 0.15) is 18.1 Å². The topological polar surface area (TPSA) is 55.8 Å². The fraction of sp³-hybridized carbons (Fsp3) is 0.242. The fourth-order valence-electron chi connectivity index (χ4n) is 5.01. The normalized spacial score (nSPS) is 12.1. The summed E-state index contributed by atoms with van der Waals surface area (Å²) < 4.78 is 51.9. The SMILES string of the molecule is CC(C)(C)[Si](Oc1ccc(CCC(=O)O)c(COc2ccc(C(F)(F)F)cc2)c1)(c1ccccc1)c1ccccc1. The van der Waals surface area contributed by atoms with Crippen LogP contribution < -0.4 is 19.5 Å². The van der Waals surface area contributed by atoms with Crippen molar-refractivity contribution < 1.29 is 32.2 Å². The summed E-state index contributed by atoms with van der Waals surface area (Å²) in [6.07, 6.45) is -4.22. The molecular weight excluding hydrogens is 545 g/mol. The molecule has 0 aromatic heterocycles. The van der Waals surface area contributed by atoms with Crippen LogP contribution in [0.1, 0.15) is 43.9 Å². The molecule has 0 amide bonds. The average molecular weight is 579 g/mol. The summed E-state index contributed by atoms with van der Waals surface area (Å²) in [5, 5.41) is 11.2. The molecule has 0 aliphatic heterocycles. The molecule has 0 saturated carbocycles. The molecule has 214 valence electrons. The molecular formula is C33H33F3O4Si. The highest BCUT2D eigenvalue weighted by Crippen LogP contribution is 2.38. The Bertz CT molecular complexity index is 1410. The van der Waals surface area contributed by atoms with Crippen LogP contribution >= 0.6 is 0 Å². The van der Waals surface area contributed by atoms with Crippen molar-refractivity contribution in [3.05, 3.63) is 120 Å². The zero-order valence-corrected chi connectivity index (χ0v) is 24.2. The Hall–Kier alpha value is -4.04. The van der Waals surface area contributed by atoms with Gasteiger partial charge in [-0.15, -0.1) is 0 Å². The average Bonchev–Trinajstić information content (AvgIpc) is 2.94. The Balaban J connectivity index is 1.73. The maximum absolute atomic E-state index is 13.0. The van der Waals surface area contributed by atoms with Gasteiger partial charge in [-0.25, -0.2) is 0 Å². The van der Waals surface area contributed by atoms with Gasteiger partial charge in [-0.2, -0.15) is 13.2 Å². The standard InChI is InChI=1S/C33H33F3O4Si/c1-32(2,3)41(29-10-6-4-7-11-29,30-12-8-5-9-13-30)40-28-18-14-24(15-21-31(37)38)25(22-28)23-39-27-19-16-26(17-20-27)33(34,35)36/h4-14,16-20,22H,15,21,23H2,1-3H3,(H,37,38). The maximum atomic E-state index is 13.0. The van der Waals surface area contributed by atoms with Gasteiger partial charge in [-0.1, -0.05) is 87.5 Å². The van der Waals surface area contributed by atoms with Crippen LogP contribution in [0.2, 0.25) is 5.04 Å². The smallest absolute Gasteiger partial charge is 0.416 e. The minimum Gasteiger partial charge on any atom is -0.534 e. The molecule has 0 heterocycles. The summed E-state index contributed by atoms with van der Waals surface area (Å²) in [5.41, 5.74) is 0.725. The van der Waals surface area contributed by atoms with Crippen molar-refractivity contribution in [3.8, 4) is 11.5 Å². The van der Waals surface area contributed by atoms with Gasteiger partial charge in [-0.3, -0.25) is 4.79 Å². The zero-order valence-electron chi connectivity index (χ0n) is 23.2. The predicted molar refractivity (Wildman–Crippen MR) is 156 cm³/mol. The minimum atomic E-state index is -4.44. The number of alkyl halides is 3. The number of carboxylic acid groups (broad SMARTS) is 1. The highest BCUT2D eigenvalue weighted by atomic mass is 28.4. The monoisotopic (exact) mass is 578 g/mol. The maximum Gasteiger partial charge on any atom is 0.416 e. The second kappa shape index (κ2) is 12.2. The third-order valence-electron chi connectivity index (χ3n) is 7.05. The molecule has 0 fully saturated rings. The number of carbonyl (C=O) groups is 1. The van der Waals surface area contributed by atoms with E-state index in [4.69, 9.17) is 9.16 Å². The van der Waals surface area contributed by atoms with Crippen LogP contribution in [0.5, 0.6) is 11.5 Å². The quantitative estimate of drug-likeness (QED) is 0.202. The first-order chi connectivity index (χ1) is 19.4. The summed E-state index contributed by atoms with van der Waals surface area (Å²) >= 11 is 0. The van der Waals surface area contributed by atoms with Crippen LogP contribution in [0.4, 0.5) is 13.2 Å². The van der Waals surface area contributed by atoms with Crippen molar-refractivity contribution in [2.75, 3.05) is 0 Å². The second-order valence-electron chi connectivity index (χ2n) is 10.9. The Morgan fingerprint density at radius 1 is 0.756 bits per heavy atom. The largest absolute Gasteiger partial charge is 0.534 e. The van der Waals surface area contributed by atoms with E-state index in [-0.39, 0.29) is 30.2 Å². The molecule has 4 aromatic carbocycles. The van der Waals surface area contributed by atoms with Crippen molar-refractivity contribution in [1.29, 1.82) is 0 Å². The van der Waals surface area contributed by atoms with E-state index in [1.165, 1.54) is 12.1 Å². The van der Waals surface area contributed by atoms with E-state index in [2.05, 4.69) is 45.0 Å². The predicted octanol–water partition coefficient (Wildman–Crippen LogP) is 7.24. The third kappa shape index (κ3) is 7.00. The summed E-state index contributed by atoms with van der Waals surface area (Å²) in [4.78, 5) is 11.3. The lowest BCUT2D eigenvalue weighted by Gasteiger charge is -2.43. The van der Waals surface area contributed by atoms with E-state index < -0.39 is 26.0 Å². The number of hydrogen-bond acceptors (Lipinski definition) is 3. The Morgan fingerprint density at radius 3 is 1.78 bits per heavy atom. The number of hydrogen-bond donors (Lipinski definition) is 1. The van der Waals surface area contributed by atoms with Crippen LogP contribution in [0.25, 0.3) is 0 Å². The number of carboxylic acids is 1. The Kier molecular flexibility index (Phi) is 8.92. The molecule has 0 atom stereocenters. The molecule has 4 aromatic rings. The molecule has 1 N–H and O–H groups in total. The first kappa shape index (κ1) is 29.9. The molecule has 0 aliphatic rings. The van der Waals surface area contributed by atoms with Crippen LogP contribution in [-0.2, 0) is 24.0 Å². The molecule has 0 radical (unpaired) electrons.